The van der Waals surface area contributed by atoms with Crippen LogP contribution in [0.5, 0.6) is 0 Å². The number of halogens is 1. The van der Waals surface area contributed by atoms with E-state index in [-0.39, 0.29) is 5.91 Å². The zero-order valence-electron chi connectivity index (χ0n) is 10.2. The van der Waals surface area contributed by atoms with E-state index in [0.717, 1.165) is 18.7 Å². The monoisotopic (exact) mass is 255 g/mol. The van der Waals surface area contributed by atoms with E-state index in [2.05, 4.69) is 12.2 Å². The van der Waals surface area contributed by atoms with Crippen LogP contribution in [0.4, 0.5) is 11.4 Å². The van der Waals surface area contributed by atoms with Gasteiger partial charge in [0.15, 0.2) is 0 Å². The van der Waals surface area contributed by atoms with Gasteiger partial charge in [0.1, 0.15) is 0 Å². The van der Waals surface area contributed by atoms with Gasteiger partial charge in [0.05, 0.1) is 17.3 Å². The standard InChI is InChI=1S/C12H18ClN3O/c1-3-6-16(8-12(17)15-2)11-5-4-9(14)7-10(11)13/h4-5,7H,3,6,8,14H2,1-2H3,(H,15,17). The Labute approximate surface area is 107 Å². The minimum atomic E-state index is -0.0358. The van der Waals surface area contributed by atoms with E-state index in [1.165, 1.54) is 0 Å². The fraction of sp³-hybridized carbons (Fsp3) is 0.417. The summed E-state index contributed by atoms with van der Waals surface area (Å²) < 4.78 is 0. The number of hydrogen-bond acceptors (Lipinski definition) is 3. The Hall–Kier alpha value is -1.42. The van der Waals surface area contributed by atoms with Gasteiger partial charge in [-0.25, -0.2) is 0 Å². The van der Waals surface area contributed by atoms with E-state index >= 15 is 0 Å². The van der Waals surface area contributed by atoms with Gasteiger partial charge in [0.2, 0.25) is 5.91 Å². The minimum absolute atomic E-state index is 0.0358. The van der Waals surface area contributed by atoms with Crippen LogP contribution in [0.15, 0.2) is 18.2 Å². The maximum absolute atomic E-state index is 11.4. The van der Waals surface area contributed by atoms with Crippen LogP contribution in [0, 0.1) is 0 Å². The second-order valence-electron chi connectivity index (χ2n) is 3.81. The van der Waals surface area contributed by atoms with Crippen LogP contribution < -0.4 is 16.0 Å². The first kappa shape index (κ1) is 13.6. The summed E-state index contributed by atoms with van der Waals surface area (Å²) in [6, 6.07) is 5.33. The molecule has 0 unspecified atom stereocenters. The molecule has 0 heterocycles. The number of anilines is 2. The Morgan fingerprint density at radius 1 is 1.53 bits per heavy atom. The first-order chi connectivity index (χ1) is 8.08. The van der Waals surface area contributed by atoms with Crippen LogP contribution in [0.2, 0.25) is 5.02 Å². The Bertz CT molecular complexity index is 395. The summed E-state index contributed by atoms with van der Waals surface area (Å²) in [7, 11) is 1.62. The third kappa shape index (κ3) is 3.82. The van der Waals surface area contributed by atoms with E-state index in [0.29, 0.717) is 17.3 Å². The highest BCUT2D eigenvalue weighted by Gasteiger charge is 2.12. The Balaban J connectivity index is 2.92. The Morgan fingerprint density at radius 3 is 2.76 bits per heavy atom. The molecule has 5 heteroatoms. The lowest BCUT2D eigenvalue weighted by atomic mass is 10.2. The molecular weight excluding hydrogens is 238 g/mol. The van der Waals surface area contributed by atoms with Crippen LogP contribution in [0.3, 0.4) is 0 Å². The number of nitrogens with zero attached hydrogens (tertiary/aromatic N) is 1. The number of hydrogen-bond donors (Lipinski definition) is 2. The zero-order chi connectivity index (χ0) is 12.8. The van der Waals surface area contributed by atoms with Crippen LogP contribution >= 0.6 is 11.6 Å². The molecule has 1 amide bonds. The van der Waals surface area contributed by atoms with E-state index in [9.17, 15) is 4.79 Å². The van der Waals surface area contributed by atoms with E-state index in [4.69, 9.17) is 17.3 Å². The molecule has 1 aromatic rings. The molecule has 0 saturated heterocycles. The van der Waals surface area contributed by atoms with E-state index in [1.54, 1.807) is 19.2 Å². The molecule has 1 aromatic carbocycles. The van der Waals surface area contributed by atoms with Crippen molar-refractivity contribution in [2.45, 2.75) is 13.3 Å². The van der Waals surface area contributed by atoms with E-state index < -0.39 is 0 Å². The Kier molecular flexibility index (Phi) is 5.10. The van der Waals surface area contributed by atoms with Crippen molar-refractivity contribution in [3.63, 3.8) is 0 Å². The van der Waals surface area contributed by atoms with Gasteiger partial charge in [0, 0.05) is 19.3 Å². The highest BCUT2D eigenvalue weighted by atomic mass is 35.5. The van der Waals surface area contributed by atoms with Crippen LogP contribution in [-0.4, -0.2) is 26.0 Å². The average molecular weight is 256 g/mol. The highest BCUT2D eigenvalue weighted by Crippen LogP contribution is 2.27. The smallest absolute Gasteiger partial charge is 0.239 e. The molecule has 3 N–H and O–H groups in total. The topological polar surface area (TPSA) is 58.4 Å². The number of benzene rings is 1. The number of carbonyl (C=O) groups is 1. The quantitative estimate of drug-likeness (QED) is 0.790. The number of amides is 1. The molecule has 0 fully saturated rings. The number of nitrogens with one attached hydrogen (secondary N) is 1. The summed E-state index contributed by atoms with van der Waals surface area (Å²) in [4.78, 5) is 13.4. The van der Waals surface area contributed by atoms with Gasteiger partial charge in [-0.3, -0.25) is 4.79 Å². The van der Waals surface area contributed by atoms with Crippen LogP contribution in [-0.2, 0) is 4.79 Å². The van der Waals surface area contributed by atoms with Crippen LogP contribution in [0.1, 0.15) is 13.3 Å². The lowest BCUT2D eigenvalue weighted by Gasteiger charge is -2.24. The molecule has 0 aromatic heterocycles. The maximum Gasteiger partial charge on any atom is 0.239 e. The first-order valence-electron chi connectivity index (χ1n) is 5.59. The second-order valence-corrected chi connectivity index (χ2v) is 4.21. The summed E-state index contributed by atoms with van der Waals surface area (Å²) in [5.41, 5.74) is 7.11. The van der Waals surface area contributed by atoms with Crippen molar-refractivity contribution >= 4 is 28.9 Å². The molecule has 0 saturated carbocycles. The van der Waals surface area contributed by atoms with Crippen molar-refractivity contribution in [1.29, 1.82) is 0 Å². The van der Waals surface area contributed by atoms with Crippen molar-refractivity contribution in [3.05, 3.63) is 23.2 Å². The molecular formula is C12H18ClN3O. The normalized spacial score (nSPS) is 10.1. The fourth-order valence-electron chi connectivity index (χ4n) is 1.59. The van der Waals surface area contributed by atoms with Gasteiger partial charge in [-0.05, 0) is 24.6 Å². The zero-order valence-corrected chi connectivity index (χ0v) is 10.9. The van der Waals surface area contributed by atoms with E-state index in [1.807, 2.05) is 11.0 Å². The number of carbonyl (C=O) groups excluding carboxylic acids is 1. The molecule has 0 aliphatic heterocycles. The molecule has 94 valence electrons. The SMILES string of the molecule is CCCN(CC(=O)NC)c1ccc(N)cc1Cl. The third-order valence-corrected chi connectivity index (χ3v) is 2.72. The molecule has 0 atom stereocenters. The second kappa shape index (κ2) is 6.35. The minimum Gasteiger partial charge on any atom is -0.399 e. The number of likely N-dealkylation sites (N-methyl/N-ethyl adjacent to an activating group) is 1. The lowest BCUT2D eigenvalue weighted by molar-refractivity contribution is -0.119. The summed E-state index contributed by atoms with van der Waals surface area (Å²) in [5.74, 6) is -0.0358. The predicted octanol–water partition coefficient (Wildman–Crippen LogP) is 1.88. The molecule has 0 aliphatic carbocycles. The number of nitrogens with two attached hydrogens (primary N) is 1. The first-order valence-corrected chi connectivity index (χ1v) is 5.96. The molecule has 1 rings (SSSR count). The predicted molar refractivity (Wildman–Crippen MR) is 72.4 cm³/mol. The molecule has 0 aliphatic rings. The van der Waals surface area contributed by atoms with Crippen molar-refractivity contribution < 1.29 is 4.79 Å². The summed E-state index contributed by atoms with van der Waals surface area (Å²) in [6.07, 6.45) is 0.942. The van der Waals surface area contributed by atoms with Gasteiger partial charge in [0.25, 0.3) is 0 Å². The fourth-order valence-corrected chi connectivity index (χ4v) is 1.90. The van der Waals surface area contributed by atoms with Gasteiger partial charge < -0.3 is 16.0 Å². The van der Waals surface area contributed by atoms with Gasteiger partial charge in [-0.15, -0.1) is 0 Å². The largest absolute Gasteiger partial charge is 0.399 e. The van der Waals surface area contributed by atoms with Gasteiger partial charge >= 0.3 is 0 Å². The van der Waals surface area contributed by atoms with Crippen molar-refractivity contribution in [1.82, 2.24) is 5.32 Å². The lowest BCUT2D eigenvalue weighted by Crippen LogP contribution is -2.36. The van der Waals surface area contributed by atoms with Gasteiger partial charge in [-0.1, -0.05) is 18.5 Å². The van der Waals surface area contributed by atoms with Crippen molar-refractivity contribution in [2.75, 3.05) is 30.8 Å². The molecule has 4 nitrogen and oxygen atoms in total. The molecule has 0 spiro atoms. The van der Waals surface area contributed by atoms with Crippen LogP contribution in [0.25, 0.3) is 0 Å². The number of nitrogen functional groups attached to an aromatic ring is 1. The Morgan fingerprint density at radius 2 is 2.24 bits per heavy atom. The third-order valence-electron chi connectivity index (χ3n) is 2.42. The molecule has 0 radical (unpaired) electrons. The van der Waals surface area contributed by atoms with Crippen molar-refractivity contribution in [2.24, 2.45) is 0 Å². The summed E-state index contributed by atoms with van der Waals surface area (Å²) in [5, 5.41) is 3.18. The summed E-state index contributed by atoms with van der Waals surface area (Å²) in [6.45, 7) is 3.13. The number of rotatable bonds is 5. The summed E-state index contributed by atoms with van der Waals surface area (Å²) >= 11 is 6.13. The highest BCUT2D eigenvalue weighted by molar-refractivity contribution is 6.33. The maximum atomic E-state index is 11.4. The van der Waals surface area contributed by atoms with Gasteiger partial charge in [-0.2, -0.15) is 0 Å². The molecule has 17 heavy (non-hydrogen) atoms. The molecule has 0 bridgehead atoms. The van der Waals surface area contributed by atoms with Crippen molar-refractivity contribution in [3.8, 4) is 0 Å². The average Bonchev–Trinajstić information content (AvgIpc) is 2.28.